The van der Waals surface area contributed by atoms with Crippen LogP contribution in [0.15, 0.2) is 29.3 Å². The standard InChI is InChI=1S/C22H31ClN4O2/c1-22(2)19(17-7-12-29-20(17)22)25-21(24-3)27-10-8-26(9-11-27)18(28)14-15-5-4-6-16(23)13-15/h4-6,13,17,19-20H,7-12,14H2,1-3H3,(H,24,25). The molecule has 0 spiro atoms. The molecule has 1 amide bonds. The summed E-state index contributed by atoms with van der Waals surface area (Å²) in [5, 5.41) is 4.37. The molecular weight excluding hydrogens is 388 g/mol. The highest BCUT2D eigenvalue weighted by Gasteiger charge is 2.59. The summed E-state index contributed by atoms with van der Waals surface area (Å²) in [5.74, 6) is 1.67. The van der Waals surface area contributed by atoms with Crippen molar-refractivity contribution in [3.8, 4) is 0 Å². The third kappa shape index (κ3) is 3.97. The summed E-state index contributed by atoms with van der Waals surface area (Å²) < 4.78 is 5.91. The molecule has 4 rings (SSSR count). The van der Waals surface area contributed by atoms with Gasteiger partial charge < -0.3 is 19.9 Å². The zero-order valence-electron chi connectivity index (χ0n) is 17.5. The van der Waals surface area contributed by atoms with Gasteiger partial charge in [-0.25, -0.2) is 0 Å². The number of nitrogens with one attached hydrogen (secondary N) is 1. The van der Waals surface area contributed by atoms with Crippen molar-refractivity contribution in [2.75, 3.05) is 39.8 Å². The van der Waals surface area contributed by atoms with Crippen molar-refractivity contribution >= 4 is 23.5 Å². The second-order valence-electron chi connectivity index (χ2n) is 8.91. The average Bonchev–Trinajstić information content (AvgIpc) is 3.16. The van der Waals surface area contributed by atoms with Crippen LogP contribution in [0.2, 0.25) is 5.02 Å². The minimum absolute atomic E-state index is 0.117. The average molecular weight is 419 g/mol. The molecule has 0 radical (unpaired) electrons. The lowest BCUT2D eigenvalue weighted by atomic mass is 9.57. The van der Waals surface area contributed by atoms with E-state index in [4.69, 9.17) is 16.3 Å². The Balaban J connectivity index is 1.31. The molecule has 1 aromatic rings. The number of benzene rings is 1. The van der Waals surface area contributed by atoms with Gasteiger partial charge in [-0.05, 0) is 24.1 Å². The van der Waals surface area contributed by atoms with Gasteiger partial charge >= 0.3 is 0 Å². The van der Waals surface area contributed by atoms with E-state index in [9.17, 15) is 4.79 Å². The fourth-order valence-electron chi connectivity index (χ4n) is 5.15. The lowest BCUT2D eigenvalue weighted by molar-refractivity contribution is -0.131. The Hall–Kier alpha value is -1.79. The van der Waals surface area contributed by atoms with Crippen LogP contribution in [0.5, 0.6) is 0 Å². The molecule has 2 heterocycles. The highest BCUT2D eigenvalue weighted by Crippen LogP contribution is 2.52. The van der Waals surface area contributed by atoms with Gasteiger partial charge in [0.15, 0.2) is 5.96 Å². The fourth-order valence-corrected chi connectivity index (χ4v) is 5.37. The van der Waals surface area contributed by atoms with Crippen LogP contribution < -0.4 is 5.32 Å². The van der Waals surface area contributed by atoms with Crippen LogP contribution in [-0.4, -0.2) is 73.6 Å². The second kappa shape index (κ2) is 8.15. The van der Waals surface area contributed by atoms with Crippen LogP contribution in [0.1, 0.15) is 25.8 Å². The molecule has 1 saturated carbocycles. The number of piperazine rings is 1. The molecule has 0 bridgehead atoms. The molecule has 3 fully saturated rings. The van der Waals surface area contributed by atoms with E-state index in [0.29, 0.717) is 42.6 Å². The summed E-state index contributed by atoms with van der Waals surface area (Å²) in [4.78, 5) is 21.4. The molecule has 29 heavy (non-hydrogen) atoms. The number of nitrogens with zero attached hydrogens (tertiary/aromatic N) is 3. The first-order valence-electron chi connectivity index (χ1n) is 10.5. The molecule has 3 unspecified atom stereocenters. The minimum Gasteiger partial charge on any atom is -0.377 e. The summed E-state index contributed by atoms with van der Waals surface area (Å²) >= 11 is 6.04. The van der Waals surface area contributed by atoms with E-state index < -0.39 is 0 Å². The Kier molecular flexibility index (Phi) is 5.76. The Morgan fingerprint density at radius 3 is 2.69 bits per heavy atom. The normalized spacial score (nSPS) is 28.7. The molecule has 0 aromatic heterocycles. The number of carbonyl (C=O) groups is 1. The number of guanidine groups is 1. The van der Waals surface area contributed by atoms with Gasteiger partial charge in [-0.3, -0.25) is 9.79 Å². The van der Waals surface area contributed by atoms with E-state index >= 15 is 0 Å². The Morgan fingerprint density at radius 1 is 1.28 bits per heavy atom. The Labute approximate surface area is 178 Å². The third-order valence-electron chi connectivity index (χ3n) is 6.77. The van der Waals surface area contributed by atoms with Crippen LogP contribution >= 0.6 is 11.6 Å². The minimum atomic E-state index is 0.117. The van der Waals surface area contributed by atoms with E-state index in [1.165, 1.54) is 0 Å². The zero-order chi connectivity index (χ0) is 20.6. The number of ether oxygens (including phenoxy) is 1. The van der Waals surface area contributed by atoms with E-state index in [-0.39, 0.29) is 11.3 Å². The number of rotatable bonds is 3. The van der Waals surface area contributed by atoms with Crippen LogP contribution in [-0.2, 0) is 16.0 Å². The predicted octanol–water partition coefficient (Wildman–Crippen LogP) is 2.42. The van der Waals surface area contributed by atoms with Crippen molar-refractivity contribution in [2.24, 2.45) is 16.3 Å². The molecule has 7 heteroatoms. The summed E-state index contributed by atoms with van der Waals surface area (Å²) in [6.45, 7) is 8.42. The number of carbonyl (C=O) groups excluding carboxylic acids is 1. The van der Waals surface area contributed by atoms with Crippen LogP contribution in [0, 0.1) is 11.3 Å². The van der Waals surface area contributed by atoms with E-state index in [1.54, 1.807) is 0 Å². The predicted molar refractivity (Wildman–Crippen MR) is 115 cm³/mol. The fraction of sp³-hybridized carbons (Fsp3) is 0.636. The molecule has 2 aliphatic heterocycles. The molecule has 1 aromatic carbocycles. The highest BCUT2D eigenvalue weighted by atomic mass is 35.5. The first-order valence-corrected chi connectivity index (χ1v) is 10.9. The first kappa shape index (κ1) is 20.5. The molecule has 3 aliphatic rings. The summed E-state index contributed by atoms with van der Waals surface area (Å²) in [5.41, 5.74) is 1.08. The number of hydrogen-bond acceptors (Lipinski definition) is 3. The number of fused-ring (bicyclic) bond motifs is 1. The van der Waals surface area contributed by atoms with Crippen LogP contribution in [0.25, 0.3) is 0 Å². The van der Waals surface area contributed by atoms with Gasteiger partial charge in [0.2, 0.25) is 5.91 Å². The van der Waals surface area contributed by atoms with Gasteiger partial charge in [0, 0.05) is 62.2 Å². The Bertz CT molecular complexity index is 789. The van der Waals surface area contributed by atoms with E-state index in [2.05, 4.69) is 29.1 Å². The summed E-state index contributed by atoms with van der Waals surface area (Å²) in [6, 6.07) is 7.92. The van der Waals surface area contributed by atoms with Crippen molar-refractivity contribution in [1.82, 2.24) is 15.1 Å². The van der Waals surface area contributed by atoms with Crippen molar-refractivity contribution in [3.05, 3.63) is 34.9 Å². The monoisotopic (exact) mass is 418 g/mol. The van der Waals surface area contributed by atoms with Gasteiger partial charge in [-0.2, -0.15) is 0 Å². The quantitative estimate of drug-likeness (QED) is 0.605. The summed E-state index contributed by atoms with van der Waals surface area (Å²) in [6.07, 6.45) is 1.88. The smallest absolute Gasteiger partial charge is 0.227 e. The van der Waals surface area contributed by atoms with Crippen LogP contribution in [0.3, 0.4) is 0 Å². The molecular formula is C22H31ClN4O2. The SMILES string of the molecule is CN=C(NC1C2CCOC2C1(C)C)N1CCN(C(=O)Cc2cccc(Cl)c2)CC1. The van der Waals surface area contributed by atoms with Gasteiger partial charge in [-0.15, -0.1) is 0 Å². The summed E-state index contributed by atoms with van der Waals surface area (Å²) in [7, 11) is 1.84. The number of aliphatic imine (C=N–C) groups is 1. The molecule has 1 N–H and O–H groups in total. The number of amides is 1. The van der Waals surface area contributed by atoms with E-state index in [0.717, 1.165) is 37.6 Å². The molecule has 1 aliphatic carbocycles. The van der Waals surface area contributed by atoms with Crippen molar-refractivity contribution in [3.63, 3.8) is 0 Å². The maximum Gasteiger partial charge on any atom is 0.227 e. The molecule has 6 nitrogen and oxygen atoms in total. The van der Waals surface area contributed by atoms with Crippen molar-refractivity contribution < 1.29 is 9.53 Å². The zero-order valence-corrected chi connectivity index (χ0v) is 18.3. The largest absolute Gasteiger partial charge is 0.377 e. The van der Waals surface area contributed by atoms with Gasteiger partial charge in [0.1, 0.15) is 0 Å². The lowest BCUT2D eigenvalue weighted by Crippen LogP contribution is -2.68. The first-order chi connectivity index (χ1) is 13.9. The number of hydrogen-bond donors (Lipinski definition) is 1. The van der Waals surface area contributed by atoms with Crippen LogP contribution in [0.4, 0.5) is 0 Å². The maximum absolute atomic E-state index is 12.7. The number of halogens is 1. The van der Waals surface area contributed by atoms with Crippen molar-refractivity contribution in [1.29, 1.82) is 0 Å². The van der Waals surface area contributed by atoms with E-state index in [1.807, 2.05) is 36.2 Å². The van der Waals surface area contributed by atoms with Crippen molar-refractivity contribution in [2.45, 2.75) is 38.8 Å². The topological polar surface area (TPSA) is 57.2 Å². The van der Waals surface area contributed by atoms with Gasteiger partial charge in [0.05, 0.1) is 12.5 Å². The molecule has 158 valence electrons. The maximum atomic E-state index is 12.7. The molecule has 3 atom stereocenters. The molecule has 2 saturated heterocycles. The second-order valence-corrected chi connectivity index (χ2v) is 9.35. The third-order valence-corrected chi connectivity index (χ3v) is 7.01. The highest BCUT2D eigenvalue weighted by molar-refractivity contribution is 6.30. The lowest BCUT2D eigenvalue weighted by Gasteiger charge is -2.55. The van der Waals surface area contributed by atoms with Gasteiger partial charge in [-0.1, -0.05) is 37.6 Å². The van der Waals surface area contributed by atoms with Gasteiger partial charge in [0.25, 0.3) is 0 Å². The Morgan fingerprint density at radius 2 is 2.00 bits per heavy atom.